The van der Waals surface area contributed by atoms with Crippen molar-refractivity contribution in [2.75, 3.05) is 5.32 Å². The van der Waals surface area contributed by atoms with Gasteiger partial charge in [-0.3, -0.25) is 0 Å². The molecule has 0 amide bonds. The Morgan fingerprint density at radius 1 is 0.947 bits per heavy atom. The van der Waals surface area contributed by atoms with E-state index in [2.05, 4.69) is 84.5 Å². The zero-order chi connectivity index (χ0) is 13.8. The van der Waals surface area contributed by atoms with Crippen molar-refractivity contribution in [3.05, 3.63) is 64.1 Å². The number of nitrogens with one attached hydrogen (secondary N) is 1. The van der Waals surface area contributed by atoms with Crippen molar-refractivity contribution >= 4 is 21.6 Å². The van der Waals surface area contributed by atoms with E-state index in [1.54, 1.807) is 0 Å². The van der Waals surface area contributed by atoms with E-state index in [9.17, 15) is 0 Å². The van der Waals surface area contributed by atoms with Crippen LogP contribution in [0.25, 0.3) is 0 Å². The van der Waals surface area contributed by atoms with Gasteiger partial charge in [-0.2, -0.15) is 0 Å². The molecule has 0 saturated heterocycles. The SMILES string of the molecule is CC(C)c1cccc(NC(C)c2ccccc2Br)c1. The van der Waals surface area contributed by atoms with E-state index in [1.807, 2.05) is 6.07 Å². The molecule has 100 valence electrons. The Balaban J connectivity index is 2.17. The highest BCUT2D eigenvalue weighted by Gasteiger charge is 2.09. The number of hydrogen-bond donors (Lipinski definition) is 1. The van der Waals surface area contributed by atoms with Crippen LogP contribution in [-0.2, 0) is 0 Å². The molecule has 0 aliphatic heterocycles. The summed E-state index contributed by atoms with van der Waals surface area (Å²) in [5, 5.41) is 3.56. The summed E-state index contributed by atoms with van der Waals surface area (Å²) in [6.07, 6.45) is 0. The standard InChI is InChI=1S/C17H20BrN/c1-12(2)14-7-6-8-15(11-14)19-13(3)16-9-4-5-10-17(16)18/h4-13,19H,1-3H3. The summed E-state index contributed by atoms with van der Waals surface area (Å²) in [4.78, 5) is 0. The van der Waals surface area contributed by atoms with Crippen molar-refractivity contribution in [1.29, 1.82) is 0 Å². The van der Waals surface area contributed by atoms with Crippen LogP contribution in [0.3, 0.4) is 0 Å². The lowest BCUT2D eigenvalue weighted by molar-refractivity contribution is 0.857. The van der Waals surface area contributed by atoms with E-state index in [4.69, 9.17) is 0 Å². The predicted molar refractivity (Wildman–Crippen MR) is 86.7 cm³/mol. The first-order valence-electron chi connectivity index (χ1n) is 6.69. The van der Waals surface area contributed by atoms with Gasteiger partial charge >= 0.3 is 0 Å². The van der Waals surface area contributed by atoms with Crippen molar-refractivity contribution in [2.24, 2.45) is 0 Å². The Morgan fingerprint density at radius 2 is 1.68 bits per heavy atom. The monoisotopic (exact) mass is 317 g/mol. The average Bonchev–Trinajstić information content (AvgIpc) is 2.39. The summed E-state index contributed by atoms with van der Waals surface area (Å²) in [7, 11) is 0. The molecule has 2 heteroatoms. The van der Waals surface area contributed by atoms with Crippen molar-refractivity contribution in [3.63, 3.8) is 0 Å². The second-order valence-electron chi connectivity index (χ2n) is 5.17. The molecule has 2 rings (SSSR count). The Labute approximate surface area is 124 Å². The maximum Gasteiger partial charge on any atom is 0.0496 e. The zero-order valence-electron chi connectivity index (χ0n) is 11.7. The van der Waals surface area contributed by atoms with Crippen molar-refractivity contribution in [3.8, 4) is 0 Å². The lowest BCUT2D eigenvalue weighted by Gasteiger charge is -2.18. The van der Waals surface area contributed by atoms with Crippen LogP contribution in [0, 0.1) is 0 Å². The highest BCUT2D eigenvalue weighted by molar-refractivity contribution is 9.10. The lowest BCUT2D eigenvalue weighted by Crippen LogP contribution is -2.07. The minimum absolute atomic E-state index is 0.276. The molecule has 1 N–H and O–H groups in total. The summed E-state index contributed by atoms with van der Waals surface area (Å²) >= 11 is 3.61. The predicted octanol–water partition coefficient (Wildman–Crippen LogP) is 5.75. The summed E-state index contributed by atoms with van der Waals surface area (Å²) < 4.78 is 1.15. The van der Waals surface area contributed by atoms with Crippen LogP contribution in [0.15, 0.2) is 53.0 Å². The van der Waals surface area contributed by atoms with Gasteiger partial charge in [-0.25, -0.2) is 0 Å². The quantitative estimate of drug-likeness (QED) is 0.757. The lowest BCUT2D eigenvalue weighted by atomic mass is 10.0. The number of rotatable bonds is 4. The van der Waals surface area contributed by atoms with E-state index in [-0.39, 0.29) is 6.04 Å². The molecule has 19 heavy (non-hydrogen) atoms. The van der Waals surface area contributed by atoms with Gasteiger partial charge < -0.3 is 5.32 Å². The van der Waals surface area contributed by atoms with Gasteiger partial charge in [0.1, 0.15) is 0 Å². The molecule has 0 heterocycles. The molecule has 0 aliphatic rings. The molecule has 2 aromatic rings. The maximum atomic E-state index is 3.61. The molecule has 0 aromatic heterocycles. The van der Waals surface area contributed by atoms with E-state index >= 15 is 0 Å². The van der Waals surface area contributed by atoms with E-state index < -0.39 is 0 Å². The van der Waals surface area contributed by atoms with Gasteiger partial charge in [0.25, 0.3) is 0 Å². The summed E-state index contributed by atoms with van der Waals surface area (Å²) in [6.45, 7) is 6.62. The molecular weight excluding hydrogens is 298 g/mol. The molecule has 0 fully saturated rings. The van der Waals surface area contributed by atoms with E-state index in [0.717, 1.165) is 4.47 Å². The first-order valence-corrected chi connectivity index (χ1v) is 7.48. The van der Waals surface area contributed by atoms with Crippen LogP contribution < -0.4 is 5.32 Å². The fourth-order valence-electron chi connectivity index (χ4n) is 2.14. The number of anilines is 1. The Hall–Kier alpha value is -1.28. The molecule has 1 atom stereocenters. The molecule has 2 aromatic carbocycles. The van der Waals surface area contributed by atoms with Crippen LogP contribution in [-0.4, -0.2) is 0 Å². The first-order chi connectivity index (χ1) is 9.08. The average molecular weight is 318 g/mol. The Bertz CT molecular complexity index is 548. The van der Waals surface area contributed by atoms with Gasteiger partial charge in [-0.1, -0.05) is 60.1 Å². The normalized spacial score (nSPS) is 12.5. The molecule has 0 spiro atoms. The largest absolute Gasteiger partial charge is 0.378 e. The molecular formula is C17H20BrN. The Morgan fingerprint density at radius 3 is 2.37 bits per heavy atom. The van der Waals surface area contributed by atoms with Crippen LogP contribution >= 0.6 is 15.9 Å². The van der Waals surface area contributed by atoms with E-state index in [0.29, 0.717) is 5.92 Å². The third kappa shape index (κ3) is 3.60. The third-order valence-electron chi connectivity index (χ3n) is 3.31. The molecule has 1 nitrogen and oxygen atoms in total. The van der Waals surface area contributed by atoms with Gasteiger partial charge in [0.15, 0.2) is 0 Å². The summed E-state index contributed by atoms with van der Waals surface area (Å²) in [5.41, 5.74) is 3.82. The topological polar surface area (TPSA) is 12.0 Å². The van der Waals surface area contributed by atoms with Crippen LogP contribution in [0.4, 0.5) is 5.69 Å². The van der Waals surface area contributed by atoms with Gasteiger partial charge in [0, 0.05) is 16.2 Å². The van der Waals surface area contributed by atoms with Crippen LogP contribution in [0.2, 0.25) is 0 Å². The summed E-state index contributed by atoms with van der Waals surface area (Å²) in [6, 6.07) is 17.3. The molecule has 0 radical (unpaired) electrons. The second kappa shape index (κ2) is 6.25. The first kappa shape index (κ1) is 14.1. The number of benzene rings is 2. The Kier molecular flexibility index (Phi) is 4.65. The minimum atomic E-state index is 0.276. The highest BCUT2D eigenvalue weighted by Crippen LogP contribution is 2.27. The van der Waals surface area contributed by atoms with Gasteiger partial charge in [-0.15, -0.1) is 0 Å². The highest BCUT2D eigenvalue weighted by atomic mass is 79.9. The minimum Gasteiger partial charge on any atom is -0.378 e. The van der Waals surface area contributed by atoms with Crippen LogP contribution in [0.1, 0.15) is 43.9 Å². The zero-order valence-corrected chi connectivity index (χ0v) is 13.2. The molecule has 0 saturated carbocycles. The van der Waals surface area contributed by atoms with Gasteiger partial charge in [-0.05, 0) is 42.2 Å². The fourth-order valence-corrected chi connectivity index (χ4v) is 2.77. The van der Waals surface area contributed by atoms with Crippen LogP contribution in [0.5, 0.6) is 0 Å². The third-order valence-corrected chi connectivity index (χ3v) is 4.03. The van der Waals surface area contributed by atoms with Crippen molar-refractivity contribution in [1.82, 2.24) is 0 Å². The fraction of sp³-hybridized carbons (Fsp3) is 0.294. The van der Waals surface area contributed by atoms with Crippen molar-refractivity contribution < 1.29 is 0 Å². The van der Waals surface area contributed by atoms with Gasteiger partial charge in [0.05, 0.1) is 0 Å². The van der Waals surface area contributed by atoms with Crippen molar-refractivity contribution in [2.45, 2.75) is 32.7 Å². The smallest absolute Gasteiger partial charge is 0.0496 e. The molecule has 1 unspecified atom stereocenters. The summed E-state index contributed by atoms with van der Waals surface area (Å²) in [5.74, 6) is 0.556. The number of hydrogen-bond acceptors (Lipinski definition) is 1. The maximum absolute atomic E-state index is 3.61. The molecule has 0 aliphatic carbocycles. The van der Waals surface area contributed by atoms with Gasteiger partial charge in [0.2, 0.25) is 0 Å². The molecule has 0 bridgehead atoms. The van der Waals surface area contributed by atoms with E-state index in [1.165, 1.54) is 16.8 Å². The number of halogens is 1. The second-order valence-corrected chi connectivity index (χ2v) is 6.02.